The second kappa shape index (κ2) is 14.1. The molecule has 2 aromatic heterocycles. The Hall–Kier alpha value is -3.49. The number of morpholine rings is 1. The fourth-order valence-electron chi connectivity index (χ4n) is 4.81. The van der Waals surface area contributed by atoms with Crippen molar-refractivity contribution in [2.45, 2.75) is 26.1 Å². The van der Waals surface area contributed by atoms with E-state index in [2.05, 4.69) is 25.5 Å². The lowest BCUT2D eigenvalue weighted by Crippen LogP contribution is -2.48. The van der Waals surface area contributed by atoms with E-state index in [0.29, 0.717) is 47.4 Å². The molecular weight excluding hydrogens is 545 g/mol. The van der Waals surface area contributed by atoms with Crippen LogP contribution in [-0.4, -0.2) is 102 Å². The van der Waals surface area contributed by atoms with Crippen molar-refractivity contribution < 1.29 is 28.5 Å². The molecule has 2 saturated heterocycles. The lowest BCUT2D eigenvalue weighted by atomic mass is 9.91. The van der Waals surface area contributed by atoms with Crippen molar-refractivity contribution in [2.24, 2.45) is 5.41 Å². The fourth-order valence-corrected chi connectivity index (χ4v) is 4.81. The van der Waals surface area contributed by atoms with E-state index < -0.39 is 11.7 Å². The zero-order valence-electron chi connectivity index (χ0n) is 23.8. The first-order valence-electron chi connectivity index (χ1n) is 14.3. The smallest absolute Gasteiger partial charge is 0.230 e. The van der Waals surface area contributed by atoms with Crippen LogP contribution >= 0.6 is 0 Å². The minimum Gasteiger partial charge on any atom is -0.396 e. The molecule has 5 rings (SSSR count). The van der Waals surface area contributed by atoms with E-state index in [1.165, 1.54) is 12.1 Å². The van der Waals surface area contributed by atoms with Gasteiger partial charge in [0.05, 0.1) is 48.9 Å². The van der Waals surface area contributed by atoms with Crippen LogP contribution < -0.4 is 10.6 Å². The Kier molecular flexibility index (Phi) is 10.1. The molecule has 0 aliphatic carbocycles. The van der Waals surface area contributed by atoms with Gasteiger partial charge in [0, 0.05) is 44.5 Å². The van der Waals surface area contributed by atoms with E-state index >= 15 is 0 Å². The topological polar surface area (TPSA) is 147 Å². The molecule has 1 aromatic carbocycles. The van der Waals surface area contributed by atoms with Crippen molar-refractivity contribution in [2.75, 3.05) is 71.1 Å². The number of aliphatic hydroxyl groups excluding tert-OH is 1. The summed E-state index contributed by atoms with van der Waals surface area (Å²) < 4.78 is 31.1. The number of imidazole rings is 1. The number of aliphatic hydroxyl groups is 1. The Balaban J connectivity index is 1.30. The number of carbonyl (C=O) groups is 1. The number of ether oxygens (including phenoxy) is 3. The summed E-state index contributed by atoms with van der Waals surface area (Å²) in [5, 5.41) is 15.1. The van der Waals surface area contributed by atoms with Gasteiger partial charge in [-0.15, -0.1) is 0 Å². The van der Waals surface area contributed by atoms with Gasteiger partial charge < -0.3 is 34.9 Å². The van der Waals surface area contributed by atoms with Gasteiger partial charge in [0.2, 0.25) is 18.1 Å². The Morgan fingerprint density at radius 2 is 1.88 bits per heavy atom. The number of amides is 1. The number of aromatic nitrogens is 4. The number of carbonyl (C=O) groups excluding carboxylic acids is 1. The lowest BCUT2D eigenvalue weighted by Gasteiger charge is -2.35. The minimum atomic E-state index is -0.879. The van der Waals surface area contributed by atoms with Crippen LogP contribution in [0.25, 0.3) is 22.6 Å². The first-order chi connectivity index (χ1) is 20.4. The van der Waals surface area contributed by atoms with Crippen LogP contribution in [0.15, 0.2) is 36.5 Å². The van der Waals surface area contributed by atoms with E-state index in [0.717, 1.165) is 45.8 Å². The maximum Gasteiger partial charge on any atom is 0.230 e. The zero-order valence-corrected chi connectivity index (χ0v) is 23.8. The number of halogens is 1. The van der Waals surface area contributed by atoms with Gasteiger partial charge in [0.15, 0.2) is 5.82 Å². The van der Waals surface area contributed by atoms with Crippen molar-refractivity contribution in [1.82, 2.24) is 30.2 Å². The predicted molar refractivity (Wildman–Crippen MR) is 153 cm³/mol. The minimum absolute atomic E-state index is 0.00209. The second-order valence-corrected chi connectivity index (χ2v) is 10.7. The summed E-state index contributed by atoms with van der Waals surface area (Å²) in [4.78, 5) is 32.2. The van der Waals surface area contributed by atoms with Crippen molar-refractivity contribution >= 4 is 11.9 Å². The maximum atomic E-state index is 13.7. The second-order valence-electron chi connectivity index (χ2n) is 10.7. The van der Waals surface area contributed by atoms with Crippen LogP contribution in [0.4, 0.5) is 10.3 Å². The molecule has 2 fully saturated rings. The monoisotopic (exact) mass is 583 g/mol. The summed E-state index contributed by atoms with van der Waals surface area (Å²) in [5.41, 5.74) is 1.58. The van der Waals surface area contributed by atoms with Crippen molar-refractivity contribution in [3.8, 4) is 22.6 Å². The largest absolute Gasteiger partial charge is 0.396 e. The number of rotatable bonds is 12. The van der Waals surface area contributed by atoms with Crippen molar-refractivity contribution in [1.29, 1.82) is 0 Å². The number of anilines is 1. The van der Waals surface area contributed by atoms with Crippen LogP contribution in [0, 0.1) is 11.2 Å². The third-order valence-corrected chi connectivity index (χ3v) is 7.29. The third kappa shape index (κ3) is 7.47. The number of aromatic amines is 1. The Labute approximate surface area is 244 Å². The SMILES string of the molecule is CC1(C(=O)NCCCO)COC(c2nc(-c3ccc(F)cc3)c(-c3ccnc(NCCCN4CCOCC4)n3)[nH]2)OC1. The van der Waals surface area contributed by atoms with Gasteiger partial charge in [-0.2, -0.15) is 0 Å². The average Bonchev–Trinajstić information content (AvgIpc) is 3.46. The summed E-state index contributed by atoms with van der Waals surface area (Å²) in [7, 11) is 0. The van der Waals surface area contributed by atoms with Gasteiger partial charge in [-0.25, -0.2) is 19.3 Å². The quantitative estimate of drug-likeness (QED) is 0.234. The highest BCUT2D eigenvalue weighted by molar-refractivity contribution is 5.82. The molecular formula is C29H38FN7O5. The molecule has 13 heteroatoms. The van der Waals surface area contributed by atoms with Crippen molar-refractivity contribution in [3.63, 3.8) is 0 Å². The van der Waals surface area contributed by atoms with Gasteiger partial charge in [-0.05, 0) is 56.6 Å². The van der Waals surface area contributed by atoms with Crippen LogP contribution in [0.5, 0.6) is 0 Å². The van der Waals surface area contributed by atoms with E-state index in [4.69, 9.17) is 29.3 Å². The molecule has 4 heterocycles. The summed E-state index contributed by atoms with van der Waals surface area (Å²) in [5.74, 6) is 0.346. The molecule has 0 atom stereocenters. The predicted octanol–water partition coefficient (Wildman–Crippen LogP) is 2.36. The molecule has 0 unspecified atom stereocenters. The number of benzene rings is 1. The van der Waals surface area contributed by atoms with Gasteiger partial charge >= 0.3 is 0 Å². The summed E-state index contributed by atoms with van der Waals surface area (Å²) >= 11 is 0. The van der Waals surface area contributed by atoms with E-state index in [-0.39, 0.29) is 31.5 Å². The number of hydrogen-bond acceptors (Lipinski definition) is 10. The summed E-state index contributed by atoms with van der Waals surface area (Å²) in [6.45, 7) is 7.53. The molecule has 42 heavy (non-hydrogen) atoms. The van der Waals surface area contributed by atoms with E-state index in [1.807, 2.05) is 0 Å². The number of H-pyrrole nitrogens is 1. The molecule has 1 amide bonds. The molecule has 0 bridgehead atoms. The Morgan fingerprint density at radius 1 is 1.12 bits per heavy atom. The highest BCUT2D eigenvalue weighted by Gasteiger charge is 2.40. The lowest BCUT2D eigenvalue weighted by molar-refractivity contribution is -0.231. The third-order valence-electron chi connectivity index (χ3n) is 7.29. The Morgan fingerprint density at radius 3 is 2.62 bits per heavy atom. The number of nitrogens with zero attached hydrogens (tertiary/aromatic N) is 4. The van der Waals surface area contributed by atoms with Crippen LogP contribution in [0.2, 0.25) is 0 Å². The Bertz CT molecular complexity index is 1310. The highest BCUT2D eigenvalue weighted by Crippen LogP contribution is 2.35. The first kappa shape index (κ1) is 30.0. The molecule has 4 N–H and O–H groups in total. The first-order valence-corrected chi connectivity index (χ1v) is 14.3. The highest BCUT2D eigenvalue weighted by atomic mass is 19.1. The molecule has 3 aromatic rings. The standard InChI is InChI=1S/C29H38FN7O5/c1-29(27(39)31-10-3-15-38)18-41-26(42-19-29)25-35-23(20-4-6-21(30)7-5-20)24(36-25)22-8-11-33-28(34-22)32-9-2-12-37-13-16-40-17-14-37/h4-8,11,26,38H,2-3,9-10,12-19H2,1H3,(H,31,39)(H,35,36)(H,32,33,34). The molecule has 0 saturated carbocycles. The molecule has 226 valence electrons. The summed E-state index contributed by atoms with van der Waals surface area (Å²) in [6, 6.07) is 7.84. The molecule has 0 spiro atoms. The molecule has 12 nitrogen and oxygen atoms in total. The van der Waals surface area contributed by atoms with E-state index in [9.17, 15) is 9.18 Å². The van der Waals surface area contributed by atoms with E-state index in [1.54, 1.807) is 31.3 Å². The molecule has 2 aliphatic heterocycles. The van der Waals surface area contributed by atoms with Gasteiger partial charge in [0.25, 0.3) is 0 Å². The maximum absolute atomic E-state index is 13.7. The van der Waals surface area contributed by atoms with Gasteiger partial charge in [-0.1, -0.05) is 0 Å². The molecule has 0 radical (unpaired) electrons. The zero-order chi connectivity index (χ0) is 29.4. The van der Waals surface area contributed by atoms with Crippen molar-refractivity contribution in [3.05, 3.63) is 48.2 Å². The van der Waals surface area contributed by atoms with Gasteiger partial charge in [-0.3, -0.25) is 9.69 Å². The molecule has 2 aliphatic rings. The summed E-state index contributed by atoms with van der Waals surface area (Å²) in [6.07, 6.45) is 2.26. The normalized spacial score (nSPS) is 21.3. The van der Waals surface area contributed by atoms with Crippen LogP contribution in [0.1, 0.15) is 31.9 Å². The fraction of sp³-hybridized carbons (Fsp3) is 0.517. The number of hydrogen-bond donors (Lipinski definition) is 4. The average molecular weight is 584 g/mol. The van der Waals surface area contributed by atoms with Gasteiger partial charge in [0.1, 0.15) is 5.82 Å². The van der Waals surface area contributed by atoms with Crippen LogP contribution in [0.3, 0.4) is 0 Å². The number of nitrogens with one attached hydrogen (secondary N) is 3. The van der Waals surface area contributed by atoms with Crippen LogP contribution in [-0.2, 0) is 19.0 Å².